The minimum Gasteiger partial charge on any atom is -0.464 e. The van der Waals surface area contributed by atoms with E-state index in [2.05, 4.69) is 15.0 Å². The van der Waals surface area contributed by atoms with Crippen molar-refractivity contribution in [2.45, 2.75) is 12.1 Å². The molecular formula is C8H14N4O2S. The van der Waals surface area contributed by atoms with Crippen LogP contribution in [-0.2, 0) is 4.74 Å². The molecule has 0 saturated heterocycles. The number of rotatable bonds is 6. The van der Waals surface area contributed by atoms with Crippen molar-refractivity contribution >= 4 is 17.7 Å². The normalized spacial score (nSPS) is 10.3. The largest absolute Gasteiger partial charge is 0.464 e. The van der Waals surface area contributed by atoms with Crippen LogP contribution < -0.4 is 10.5 Å². The van der Waals surface area contributed by atoms with E-state index in [4.69, 9.17) is 15.2 Å². The highest BCUT2D eigenvalue weighted by atomic mass is 32.2. The summed E-state index contributed by atoms with van der Waals surface area (Å²) < 4.78 is 10.1. The molecule has 0 spiro atoms. The topological polar surface area (TPSA) is 83.2 Å². The second-order valence-corrected chi connectivity index (χ2v) is 3.60. The predicted octanol–water partition coefficient (Wildman–Crippen LogP) is 0.591. The summed E-state index contributed by atoms with van der Waals surface area (Å²) in [4.78, 5) is 11.9. The van der Waals surface area contributed by atoms with E-state index in [0.29, 0.717) is 18.4 Å². The molecule has 1 aromatic rings. The van der Waals surface area contributed by atoms with Crippen molar-refractivity contribution in [2.75, 3.05) is 31.8 Å². The molecule has 15 heavy (non-hydrogen) atoms. The number of nitrogens with two attached hydrogens (primary N) is 1. The number of anilines is 1. The van der Waals surface area contributed by atoms with E-state index in [1.807, 2.05) is 6.92 Å². The summed E-state index contributed by atoms with van der Waals surface area (Å²) >= 11 is 1.45. The van der Waals surface area contributed by atoms with E-state index < -0.39 is 0 Å². The Labute approximate surface area is 92.6 Å². The molecule has 0 amide bonds. The van der Waals surface area contributed by atoms with Crippen LogP contribution in [0.25, 0.3) is 0 Å². The Kier molecular flexibility index (Phi) is 5.13. The summed E-state index contributed by atoms with van der Waals surface area (Å²) in [6.45, 7) is 3.00. The first-order chi connectivity index (χ1) is 7.26. The maximum atomic E-state index is 5.51. The minimum atomic E-state index is 0.174. The van der Waals surface area contributed by atoms with Gasteiger partial charge in [-0.05, 0) is 6.92 Å². The molecule has 84 valence electrons. The summed E-state index contributed by atoms with van der Waals surface area (Å²) in [5.41, 5.74) is 5.51. The number of ether oxygens (including phenoxy) is 2. The van der Waals surface area contributed by atoms with Crippen LogP contribution in [0.2, 0.25) is 0 Å². The highest BCUT2D eigenvalue weighted by Crippen LogP contribution is 2.15. The average molecular weight is 230 g/mol. The standard InChI is InChI=1S/C8H14N4O2S/c1-3-14-7-10-6(9)11-8(12-7)15-5-4-13-2/h3-5H2,1-2H3,(H2,9,10,11,12). The summed E-state index contributed by atoms with van der Waals surface area (Å²) in [5.74, 6) is 0.944. The molecule has 0 aromatic carbocycles. The van der Waals surface area contributed by atoms with Gasteiger partial charge in [-0.25, -0.2) is 0 Å². The number of thioether (sulfide) groups is 1. The van der Waals surface area contributed by atoms with Gasteiger partial charge < -0.3 is 15.2 Å². The van der Waals surface area contributed by atoms with Crippen LogP contribution in [0, 0.1) is 0 Å². The number of nitrogens with zero attached hydrogens (tertiary/aromatic N) is 3. The number of hydrogen-bond acceptors (Lipinski definition) is 7. The third-order valence-corrected chi connectivity index (χ3v) is 2.22. The smallest absolute Gasteiger partial charge is 0.322 e. The molecule has 1 aromatic heterocycles. The van der Waals surface area contributed by atoms with Gasteiger partial charge in [-0.2, -0.15) is 15.0 Å². The van der Waals surface area contributed by atoms with Crippen molar-refractivity contribution in [3.63, 3.8) is 0 Å². The van der Waals surface area contributed by atoms with Crippen LogP contribution >= 0.6 is 11.8 Å². The fraction of sp³-hybridized carbons (Fsp3) is 0.625. The number of hydrogen-bond donors (Lipinski definition) is 1. The molecule has 6 nitrogen and oxygen atoms in total. The van der Waals surface area contributed by atoms with Gasteiger partial charge >= 0.3 is 6.01 Å². The predicted molar refractivity (Wildman–Crippen MR) is 58.0 cm³/mol. The summed E-state index contributed by atoms with van der Waals surface area (Å²) in [5, 5.41) is 0.558. The van der Waals surface area contributed by atoms with Gasteiger partial charge in [0.05, 0.1) is 13.2 Å². The average Bonchev–Trinajstić information content (AvgIpc) is 2.18. The fourth-order valence-corrected chi connectivity index (χ4v) is 1.56. The molecule has 0 aliphatic carbocycles. The molecule has 0 atom stereocenters. The van der Waals surface area contributed by atoms with Crippen LogP contribution in [0.1, 0.15) is 6.92 Å². The highest BCUT2D eigenvalue weighted by molar-refractivity contribution is 7.99. The van der Waals surface area contributed by atoms with Crippen LogP contribution in [0.15, 0.2) is 5.16 Å². The number of aromatic nitrogens is 3. The second-order valence-electron chi connectivity index (χ2n) is 2.53. The minimum absolute atomic E-state index is 0.174. The van der Waals surface area contributed by atoms with E-state index in [9.17, 15) is 0 Å². The maximum Gasteiger partial charge on any atom is 0.322 e. The van der Waals surface area contributed by atoms with Crippen molar-refractivity contribution in [2.24, 2.45) is 0 Å². The molecule has 0 radical (unpaired) electrons. The first-order valence-corrected chi connectivity index (χ1v) is 5.51. The van der Waals surface area contributed by atoms with Gasteiger partial charge in [0.15, 0.2) is 5.16 Å². The van der Waals surface area contributed by atoms with E-state index in [1.54, 1.807) is 7.11 Å². The zero-order valence-corrected chi connectivity index (χ0v) is 9.58. The first kappa shape index (κ1) is 12.0. The Morgan fingerprint density at radius 2 is 2.13 bits per heavy atom. The maximum absolute atomic E-state index is 5.51. The van der Waals surface area contributed by atoms with Gasteiger partial charge in [-0.1, -0.05) is 11.8 Å². The molecule has 0 bridgehead atoms. The van der Waals surface area contributed by atoms with Crippen molar-refractivity contribution in [1.29, 1.82) is 0 Å². The zero-order chi connectivity index (χ0) is 11.1. The van der Waals surface area contributed by atoms with Crippen molar-refractivity contribution in [1.82, 2.24) is 15.0 Å². The Bertz CT molecular complexity index is 311. The van der Waals surface area contributed by atoms with Crippen LogP contribution in [0.4, 0.5) is 5.95 Å². The van der Waals surface area contributed by atoms with Crippen molar-refractivity contribution in [3.8, 4) is 6.01 Å². The summed E-state index contributed by atoms with van der Waals surface area (Å²) in [7, 11) is 1.65. The lowest BCUT2D eigenvalue weighted by Crippen LogP contribution is -2.05. The second kappa shape index (κ2) is 6.41. The highest BCUT2D eigenvalue weighted by Gasteiger charge is 2.05. The fourth-order valence-electron chi connectivity index (χ4n) is 0.827. The Morgan fingerprint density at radius 1 is 1.33 bits per heavy atom. The number of nitrogen functional groups attached to an aromatic ring is 1. The van der Waals surface area contributed by atoms with E-state index >= 15 is 0 Å². The molecule has 2 N–H and O–H groups in total. The molecule has 0 saturated carbocycles. The van der Waals surface area contributed by atoms with E-state index in [1.165, 1.54) is 11.8 Å². The van der Waals surface area contributed by atoms with Gasteiger partial charge in [0, 0.05) is 12.9 Å². The summed E-state index contributed by atoms with van der Waals surface area (Å²) in [6.07, 6.45) is 0. The van der Waals surface area contributed by atoms with Gasteiger partial charge in [0.25, 0.3) is 0 Å². The Balaban J connectivity index is 2.62. The molecule has 1 rings (SSSR count). The molecule has 0 fully saturated rings. The zero-order valence-electron chi connectivity index (χ0n) is 8.77. The first-order valence-electron chi connectivity index (χ1n) is 4.52. The van der Waals surface area contributed by atoms with Crippen LogP contribution in [0.5, 0.6) is 6.01 Å². The molecular weight excluding hydrogens is 216 g/mol. The van der Waals surface area contributed by atoms with Crippen molar-refractivity contribution < 1.29 is 9.47 Å². The van der Waals surface area contributed by atoms with Gasteiger partial charge in [-0.15, -0.1) is 0 Å². The third kappa shape index (κ3) is 4.30. The monoisotopic (exact) mass is 230 g/mol. The Hall–Kier alpha value is -1.08. The molecule has 0 aliphatic rings. The lowest BCUT2D eigenvalue weighted by molar-refractivity contribution is 0.218. The quantitative estimate of drug-likeness (QED) is 0.565. The molecule has 1 heterocycles. The molecule has 0 unspecified atom stereocenters. The van der Waals surface area contributed by atoms with Crippen LogP contribution in [0.3, 0.4) is 0 Å². The summed E-state index contributed by atoms with van der Waals surface area (Å²) in [6, 6.07) is 0.268. The Morgan fingerprint density at radius 3 is 2.80 bits per heavy atom. The van der Waals surface area contributed by atoms with E-state index in [-0.39, 0.29) is 12.0 Å². The van der Waals surface area contributed by atoms with Crippen LogP contribution in [-0.4, -0.2) is 41.0 Å². The van der Waals surface area contributed by atoms with Gasteiger partial charge in [-0.3, -0.25) is 0 Å². The van der Waals surface area contributed by atoms with E-state index in [0.717, 1.165) is 5.75 Å². The lowest BCUT2D eigenvalue weighted by atomic mass is 10.8. The molecule has 0 aliphatic heterocycles. The van der Waals surface area contributed by atoms with Gasteiger partial charge in [0.1, 0.15) is 0 Å². The molecule has 7 heteroatoms. The third-order valence-electron chi connectivity index (χ3n) is 1.40. The lowest BCUT2D eigenvalue weighted by Gasteiger charge is -2.04. The SMILES string of the molecule is CCOc1nc(N)nc(SCCOC)n1. The number of methoxy groups -OCH3 is 1. The van der Waals surface area contributed by atoms with Crippen molar-refractivity contribution in [3.05, 3.63) is 0 Å². The van der Waals surface area contributed by atoms with Gasteiger partial charge in [0.2, 0.25) is 5.95 Å².